The summed E-state index contributed by atoms with van der Waals surface area (Å²) in [5.74, 6) is 0.724. The quantitative estimate of drug-likeness (QED) is 0.596. The Morgan fingerprint density at radius 3 is 2.32 bits per heavy atom. The zero-order valence-electron chi connectivity index (χ0n) is 14.2. The third kappa shape index (κ3) is 4.48. The van der Waals surface area contributed by atoms with Crippen LogP contribution in [0.25, 0.3) is 0 Å². The van der Waals surface area contributed by atoms with Crippen LogP contribution in [-0.4, -0.2) is 26.7 Å². The molecule has 0 radical (unpaired) electrons. The van der Waals surface area contributed by atoms with Crippen molar-refractivity contribution in [2.45, 2.75) is 24.3 Å². The highest BCUT2D eigenvalue weighted by molar-refractivity contribution is 7.90. The van der Waals surface area contributed by atoms with Crippen LogP contribution < -0.4 is 10.1 Å². The van der Waals surface area contributed by atoms with Crippen molar-refractivity contribution in [3.63, 3.8) is 0 Å². The van der Waals surface area contributed by atoms with Gasteiger partial charge in [0.25, 0.3) is 5.69 Å². The highest BCUT2D eigenvalue weighted by atomic mass is 32.2. The molecule has 0 amide bonds. The van der Waals surface area contributed by atoms with Gasteiger partial charge in [0, 0.05) is 12.3 Å². The molecule has 0 saturated carbocycles. The number of nitrogens with zero attached hydrogens (tertiary/aromatic N) is 1. The molecule has 0 fully saturated rings. The van der Waals surface area contributed by atoms with E-state index < -0.39 is 14.8 Å². The van der Waals surface area contributed by atoms with E-state index in [0.29, 0.717) is 6.42 Å². The minimum atomic E-state index is -3.52. The Balaban J connectivity index is 2.37. The summed E-state index contributed by atoms with van der Waals surface area (Å²) in [6, 6.07) is 11.1. The van der Waals surface area contributed by atoms with Gasteiger partial charge in [0.2, 0.25) is 0 Å². The summed E-state index contributed by atoms with van der Waals surface area (Å²) in [6.07, 6.45) is 1.71. The first-order valence-corrected chi connectivity index (χ1v) is 9.54. The summed E-state index contributed by atoms with van der Waals surface area (Å²) in [4.78, 5) is 10.7. The van der Waals surface area contributed by atoms with Crippen molar-refractivity contribution in [3.05, 3.63) is 58.1 Å². The van der Waals surface area contributed by atoms with E-state index in [0.717, 1.165) is 23.6 Å². The van der Waals surface area contributed by atoms with E-state index in [1.54, 1.807) is 7.11 Å². The summed E-state index contributed by atoms with van der Waals surface area (Å²) in [5, 5.41) is 14.5. The van der Waals surface area contributed by atoms with Crippen molar-refractivity contribution in [3.8, 4) is 5.75 Å². The van der Waals surface area contributed by atoms with E-state index in [9.17, 15) is 18.5 Å². The Bertz CT molecular complexity index is 863. The van der Waals surface area contributed by atoms with Crippen LogP contribution in [0, 0.1) is 10.1 Å². The molecule has 2 aromatic carbocycles. The van der Waals surface area contributed by atoms with Gasteiger partial charge >= 0.3 is 0 Å². The minimum Gasteiger partial charge on any atom is -0.497 e. The fourth-order valence-corrected chi connectivity index (χ4v) is 3.10. The normalized spacial score (nSPS) is 12.4. The number of rotatable bonds is 7. The monoisotopic (exact) mass is 364 g/mol. The number of ether oxygens (including phenoxy) is 1. The number of nitro groups is 1. The van der Waals surface area contributed by atoms with Crippen LogP contribution in [-0.2, 0) is 9.84 Å². The second kappa shape index (κ2) is 7.52. The molecule has 0 saturated heterocycles. The predicted octanol–water partition coefficient (Wildman–Crippen LogP) is 3.57. The minimum absolute atomic E-state index is 0.0813. The highest BCUT2D eigenvalue weighted by Crippen LogP contribution is 2.32. The van der Waals surface area contributed by atoms with E-state index in [2.05, 4.69) is 5.32 Å². The maximum absolute atomic E-state index is 11.6. The summed E-state index contributed by atoms with van der Waals surface area (Å²) in [6.45, 7) is 1.96. The van der Waals surface area contributed by atoms with E-state index in [1.807, 2.05) is 31.2 Å². The molecular weight excluding hydrogens is 344 g/mol. The number of anilines is 1. The maximum Gasteiger partial charge on any atom is 0.293 e. The number of nitro benzene ring substituents is 1. The van der Waals surface area contributed by atoms with Crippen LogP contribution in [0.4, 0.5) is 11.4 Å². The number of methoxy groups -OCH3 is 1. The van der Waals surface area contributed by atoms with Crippen molar-refractivity contribution < 1.29 is 18.1 Å². The Morgan fingerprint density at radius 1 is 1.20 bits per heavy atom. The van der Waals surface area contributed by atoms with Crippen molar-refractivity contribution in [1.82, 2.24) is 0 Å². The van der Waals surface area contributed by atoms with Crippen LogP contribution in [0.1, 0.15) is 24.9 Å². The molecule has 1 unspecified atom stereocenters. The van der Waals surface area contributed by atoms with Gasteiger partial charge in [-0.15, -0.1) is 0 Å². The van der Waals surface area contributed by atoms with Gasteiger partial charge in [-0.3, -0.25) is 10.1 Å². The molecule has 0 aliphatic carbocycles. The van der Waals surface area contributed by atoms with Gasteiger partial charge in [-0.25, -0.2) is 8.42 Å². The van der Waals surface area contributed by atoms with E-state index in [-0.39, 0.29) is 22.3 Å². The average molecular weight is 364 g/mol. The number of hydrogen-bond donors (Lipinski definition) is 1. The van der Waals surface area contributed by atoms with Crippen molar-refractivity contribution in [2.24, 2.45) is 0 Å². The van der Waals surface area contributed by atoms with E-state index >= 15 is 0 Å². The number of benzene rings is 2. The lowest BCUT2D eigenvalue weighted by Crippen LogP contribution is -2.11. The Morgan fingerprint density at radius 2 is 1.84 bits per heavy atom. The van der Waals surface area contributed by atoms with E-state index in [1.165, 1.54) is 12.1 Å². The standard InChI is InChI=1S/C17H20N2O5S/c1-4-15(12-5-7-13(24-2)8-6-12)18-16-10-9-14(25(3,22)23)11-17(16)19(20)21/h5-11,15,18H,4H2,1-3H3. The van der Waals surface area contributed by atoms with Crippen molar-refractivity contribution >= 4 is 21.2 Å². The molecule has 0 aromatic heterocycles. The first-order chi connectivity index (χ1) is 11.8. The molecule has 1 N–H and O–H groups in total. The molecule has 25 heavy (non-hydrogen) atoms. The molecule has 1 atom stereocenters. The number of nitrogens with one attached hydrogen (secondary N) is 1. The van der Waals surface area contributed by atoms with Crippen molar-refractivity contribution in [2.75, 3.05) is 18.7 Å². The molecule has 0 bridgehead atoms. The van der Waals surface area contributed by atoms with Gasteiger partial charge < -0.3 is 10.1 Å². The third-order valence-electron chi connectivity index (χ3n) is 3.85. The lowest BCUT2D eigenvalue weighted by Gasteiger charge is -2.19. The SMILES string of the molecule is CCC(Nc1ccc(S(C)(=O)=O)cc1[N+](=O)[O-])c1ccc(OC)cc1. The van der Waals surface area contributed by atoms with Gasteiger partial charge in [-0.2, -0.15) is 0 Å². The smallest absolute Gasteiger partial charge is 0.293 e. The lowest BCUT2D eigenvalue weighted by atomic mass is 10.0. The van der Waals surface area contributed by atoms with Gasteiger partial charge in [-0.1, -0.05) is 19.1 Å². The molecule has 0 aliphatic heterocycles. The zero-order valence-corrected chi connectivity index (χ0v) is 15.0. The maximum atomic E-state index is 11.6. The summed E-state index contributed by atoms with van der Waals surface area (Å²) in [7, 11) is -1.93. The fraction of sp³-hybridized carbons (Fsp3) is 0.294. The van der Waals surface area contributed by atoms with Crippen LogP contribution in [0.5, 0.6) is 5.75 Å². The largest absolute Gasteiger partial charge is 0.497 e. The molecule has 0 aliphatic rings. The Labute approximate surface area is 146 Å². The molecule has 8 heteroatoms. The summed E-state index contributed by atoms with van der Waals surface area (Å²) >= 11 is 0. The third-order valence-corrected chi connectivity index (χ3v) is 4.96. The molecular formula is C17H20N2O5S. The van der Waals surface area contributed by atoms with Gasteiger partial charge in [0.1, 0.15) is 11.4 Å². The topological polar surface area (TPSA) is 98.5 Å². The summed E-state index contributed by atoms with van der Waals surface area (Å²) < 4.78 is 28.4. The van der Waals surface area contributed by atoms with Crippen LogP contribution in [0.3, 0.4) is 0 Å². The second-order valence-corrected chi connectivity index (χ2v) is 7.60. The average Bonchev–Trinajstić information content (AvgIpc) is 2.58. The fourth-order valence-electron chi connectivity index (χ4n) is 2.46. The number of hydrogen-bond acceptors (Lipinski definition) is 6. The Hall–Kier alpha value is -2.61. The zero-order chi connectivity index (χ0) is 18.6. The second-order valence-electron chi connectivity index (χ2n) is 5.59. The highest BCUT2D eigenvalue weighted by Gasteiger charge is 2.21. The predicted molar refractivity (Wildman–Crippen MR) is 95.9 cm³/mol. The molecule has 2 rings (SSSR count). The molecule has 134 valence electrons. The van der Waals surface area contributed by atoms with Crippen LogP contribution in [0.15, 0.2) is 47.4 Å². The van der Waals surface area contributed by atoms with Crippen LogP contribution >= 0.6 is 0 Å². The first kappa shape index (κ1) is 18.7. The van der Waals surface area contributed by atoms with Gasteiger partial charge in [-0.05, 0) is 36.2 Å². The first-order valence-electron chi connectivity index (χ1n) is 7.65. The lowest BCUT2D eigenvalue weighted by molar-refractivity contribution is -0.384. The Kier molecular flexibility index (Phi) is 5.63. The molecule has 2 aromatic rings. The van der Waals surface area contributed by atoms with Gasteiger partial charge in [0.15, 0.2) is 9.84 Å². The van der Waals surface area contributed by atoms with E-state index in [4.69, 9.17) is 4.74 Å². The van der Waals surface area contributed by atoms with Crippen molar-refractivity contribution in [1.29, 1.82) is 0 Å². The van der Waals surface area contributed by atoms with Crippen LogP contribution in [0.2, 0.25) is 0 Å². The number of sulfone groups is 1. The molecule has 0 heterocycles. The molecule has 0 spiro atoms. The summed E-state index contributed by atoms with van der Waals surface area (Å²) in [5.41, 5.74) is 0.958. The van der Waals surface area contributed by atoms with Gasteiger partial charge in [0.05, 0.1) is 23.0 Å². The molecule has 7 nitrogen and oxygen atoms in total.